The lowest BCUT2D eigenvalue weighted by Gasteiger charge is -2.02. The second-order valence-corrected chi connectivity index (χ2v) is 7.36. The van der Waals surface area contributed by atoms with Crippen LogP contribution in [0.25, 0.3) is 33.9 Å². The molecule has 0 unspecified atom stereocenters. The number of rotatable bonds is 4. The van der Waals surface area contributed by atoms with E-state index in [0.717, 1.165) is 15.4 Å². The van der Waals surface area contributed by atoms with Crippen molar-refractivity contribution in [3.8, 4) is 23.0 Å². The van der Waals surface area contributed by atoms with Crippen molar-refractivity contribution >= 4 is 26.8 Å². The van der Waals surface area contributed by atoms with Crippen LogP contribution in [0.2, 0.25) is 0 Å². The molecule has 0 amide bonds. The highest BCUT2D eigenvalue weighted by atomic mass is 79.9. The van der Waals surface area contributed by atoms with Crippen molar-refractivity contribution < 1.29 is 4.52 Å². The zero-order chi connectivity index (χ0) is 19.8. The maximum atomic E-state index is 12.0. The lowest BCUT2D eigenvalue weighted by molar-refractivity contribution is 0.432. The Kier molecular flexibility index (Phi) is 4.28. The van der Waals surface area contributed by atoms with Crippen molar-refractivity contribution in [1.29, 1.82) is 0 Å². The summed E-state index contributed by atoms with van der Waals surface area (Å²) in [5.41, 5.74) is 2.60. The van der Waals surface area contributed by atoms with Crippen LogP contribution in [0.15, 0.2) is 74.6 Å². The van der Waals surface area contributed by atoms with Crippen LogP contribution in [0.1, 0.15) is 5.56 Å². The summed E-state index contributed by atoms with van der Waals surface area (Å²) in [6.45, 7) is 0.589. The first kappa shape index (κ1) is 17.5. The number of halogens is 1. The number of nitrogens with zero attached hydrogens (tertiary/aromatic N) is 5. The molecule has 9 heteroatoms. The van der Waals surface area contributed by atoms with Gasteiger partial charge in [-0.3, -0.25) is 4.79 Å². The third-order valence-electron chi connectivity index (χ3n) is 4.42. The largest absolute Gasteiger partial charge is 0.334 e. The fraction of sp³-hybridized carbons (Fsp3) is 0.0500. The van der Waals surface area contributed by atoms with Crippen LogP contribution in [0.4, 0.5) is 0 Å². The summed E-state index contributed by atoms with van der Waals surface area (Å²) in [6, 6.07) is 17.0. The van der Waals surface area contributed by atoms with E-state index in [0.29, 0.717) is 29.1 Å². The monoisotopic (exact) mass is 448 g/mol. The van der Waals surface area contributed by atoms with Crippen molar-refractivity contribution in [1.82, 2.24) is 30.1 Å². The lowest BCUT2D eigenvalue weighted by atomic mass is 10.1. The molecule has 3 heterocycles. The van der Waals surface area contributed by atoms with Gasteiger partial charge in [-0.1, -0.05) is 56.6 Å². The van der Waals surface area contributed by atoms with Crippen LogP contribution in [0.5, 0.6) is 0 Å². The van der Waals surface area contributed by atoms with Gasteiger partial charge in [0.25, 0.3) is 5.89 Å². The molecule has 0 radical (unpaired) electrons. The molecule has 0 bridgehead atoms. The van der Waals surface area contributed by atoms with E-state index in [4.69, 9.17) is 4.52 Å². The lowest BCUT2D eigenvalue weighted by Crippen LogP contribution is -2.04. The van der Waals surface area contributed by atoms with Gasteiger partial charge in [0.15, 0.2) is 5.69 Å². The third kappa shape index (κ3) is 3.47. The van der Waals surface area contributed by atoms with Crippen LogP contribution in [-0.4, -0.2) is 30.1 Å². The number of aromatic amines is 1. The fourth-order valence-electron chi connectivity index (χ4n) is 3.09. The SMILES string of the molecule is O=c1cc(-c2nc(-c3cn(Cc4ccccc4)nn3)no2)c2cc(Br)ccc2[nH]1. The predicted molar refractivity (Wildman–Crippen MR) is 110 cm³/mol. The minimum atomic E-state index is -0.247. The van der Waals surface area contributed by atoms with E-state index in [9.17, 15) is 4.79 Å². The summed E-state index contributed by atoms with van der Waals surface area (Å²) in [4.78, 5) is 19.3. The van der Waals surface area contributed by atoms with E-state index < -0.39 is 0 Å². The molecule has 5 aromatic rings. The van der Waals surface area contributed by atoms with Crippen molar-refractivity contribution in [3.63, 3.8) is 0 Å². The van der Waals surface area contributed by atoms with Gasteiger partial charge in [0.05, 0.1) is 18.3 Å². The zero-order valence-corrected chi connectivity index (χ0v) is 16.5. The van der Waals surface area contributed by atoms with Crippen LogP contribution >= 0.6 is 15.9 Å². The second kappa shape index (κ2) is 7.10. The minimum absolute atomic E-state index is 0.242. The Labute approximate surface area is 172 Å². The first-order valence-electron chi connectivity index (χ1n) is 8.77. The molecule has 29 heavy (non-hydrogen) atoms. The van der Waals surface area contributed by atoms with Crippen LogP contribution < -0.4 is 5.56 Å². The molecular weight excluding hydrogens is 436 g/mol. The Balaban J connectivity index is 1.50. The number of hydrogen-bond donors (Lipinski definition) is 1. The molecule has 142 valence electrons. The number of nitrogens with one attached hydrogen (secondary N) is 1. The van der Waals surface area contributed by atoms with Gasteiger partial charge >= 0.3 is 0 Å². The van der Waals surface area contributed by atoms with Crippen molar-refractivity contribution in [2.24, 2.45) is 0 Å². The molecule has 8 nitrogen and oxygen atoms in total. The quantitative estimate of drug-likeness (QED) is 0.450. The van der Waals surface area contributed by atoms with E-state index in [1.54, 1.807) is 10.9 Å². The van der Waals surface area contributed by atoms with E-state index in [1.807, 2.05) is 48.5 Å². The van der Waals surface area contributed by atoms with E-state index >= 15 is 0 Å². The number of benzene rings is 2. The van der Waals surface area contributed by atoms with Gasteiger partial charge in [-0.2, -0.15) is 4.98 Å². The summed E-state index contributed by atoms with van der Waals surface area (Å²) < 4.78 is 8.01. The maximum Gasteiger partial charge on any atom is 0.259 e. The molecule has 0 aliphatic carbocycles. The maximum absolute atomic E-state index is 12.0. The van der Waals surface area contributed by atoms with Crippen molar-refractivity contribution in [2.45, 2.75) is 6.54 Å². The summed E-state index contributed by atoms with van der Waals surface area (Å²) in [5, 5.41) is 13.1. The van der Waals surface area contributed by atoms with E-state index in [-0.39, 0.29) is 11.4 Å². The Morgan fingerprint density at radius 2 is 1.97 bits per heavy atom. The van der Waals surface area contributed by atoms with Gasteiger partial charge in [-0.15, -0.1) is 5.10 Å². The number of fused-ring (bicyclic) bond motifs is 1. The molecule has 0 aliphatic heterocycles. The van der Waals surface area contributed by atoms with Crippen molar-refractivity contribution in [2.75, 3.05) is 0 Å². The first-order valence-corrected chi connectivity index (χ1v) is 9.56. The molecule has 0 atom stereocenters. The molecule has 1 N–H and O–H groups in total. The second-order valence-electron chi connectivity index (χ2n) is 6.45. The van der Waals surface area contributed by atoms with Gasteiger partial charge in [0.2, 0.25) is 11.4 Å². The third-order valence-corrected chi connectivity index (χ3v) is 4.91. The molecule has 3 aromatic heterocycles. The predicted octanol–water partition coefficient (Wildman–Crippen LogP) is 3.65. The van der Waals surface area contributed by atoms with Crippen molar-refractivity contribution in [3.05, 3.63) is 81.2 Å². The highest BCUT2D eigenvalue weighted by Gasteiger charge is 2.17. The van der Waals surface area contributed by atoms with Gasteiger partial charge in [-0.25, -0.2) is 4.68 Å². The first-order chi connectivity index (χ1) is 14.2. The molecule has 0 fully saturated rings. The Hall–Kier alpha value is -3.59. The highest BCUT2D eigenvalue weighted by molar-refractivity contribution is 9.10. The summed E-state index contributed by atoms with van der Waals surface area (Å²) >= 11 is 3.45. The molecule has 0 saturated carbocycles. The van der Waals surface area contributed by atoms with E-state index in [1.165, 1.54) is 6.07 Å². The Morgan fingerprint density at radius 1 is 1.10 bits per heavy atom. The van der Waals surface area contributed by atoms with Gasteiger partial charge in [0.1, 0.15) is 0 Å². The average Bonchev–Trinajstić information content (AvgIpc) is 3.38. The van der Waals surface area contributed by atoms with Crippen LogP contribution in [0, 0.1) is 0 Å². The Bertz CT molecular complexity index is 1370. The standard InChI is InChI=1S/C20H13BrN6O2/c21-13-6-7-16-14(8-13)15(9-18(28)22-16)20-23-19(25-29-20)17-11-27(26-24-17)10-12-4-2-1-3-5-12/h1-9,11H,10H2,(H,22,28). The summed E-state index contributed by atoms with van der Waals surface area (Å²) in [5.74, 6) is 0.551. The minimum Gasteiger partial charge on any atom is -0.334 e. The number of pyridine rings is 1. The highest BCUT2D eigenvalue weighted by Crippen LogP contribution is 2.28. The van der Waals surface area contributed by atoms with Crippen LogP contribution in [0.3, 0.4) is 0 Å². The molecule has 5 rings (SSSR count). The molecule has 0 aliphatic rings. The Morgan fingerprint density at radius 3 is 2.83 bits per heavy atom. The summed E-state index contributed by atoms with van der Waals surface area (Å²) in [7, 11) is 0. The smallest absolute Gasteiger partial charge is 0.259 e. The van der Waals surface area contributed by atoms with E-state index in [2.05, 4.69) is 41.4 Å². The molecule has 0 spiro atoms. The number of aromatic nitrogens is 6. The summed E-state index contributed by atoms with van der Waals surface area (Å²) in [6.07, 6.45) is 1.76. The molecular formula is C20H13BrN6O2. The topological polar surface area (TPSA) is 102 Å². The van der Waals surface area contributed by atoms with Gasteiger partial charge < -0.3 is 9.51 Å². The average molecular weight is 449 g/mol. The van der Waals surface area contributed by atoms with Gasteiger partial charge in [0, 0.05) is 21.4 Å². The van der Waals surface area contributed by atoms with Gasteiger partial charge in [-0.05, 0) is 23.8 Å². The number of hydrogen-bond acceptors (Lipinski definition) is 6. The van der Waals surface area contributed by atoms with Crippen LogP contribution in [-0.2, 0) is 6.54 Å². The zero-order valence-electron chi connectivity index (χ0n) is 14.9. The normalized spacial score (nSPS) is 11.2. The molecule has 2 aromatic carbocycles. The molecule has 0 saturated heterocycles. The fourth-order valence-corrected chi connectivity index (χ4v) is 3.45. The number of H-pyrrole nitrogens is 1.